The first-order valence-electron chi connectivity index (χ1n) is 13.0. The molecule has 3 aliphatic rings. The Bertz CT molecular complexity index is 1200. The molecular weight excluding hydrogens is 514 g/mol. The summed E-state index contributed by atoms with van der Waals surface area (Å²) in [7, 11) is -3.99. The highest BCUT2D eigenvalue weighted by Gasteiger charge is 2.46. The molecule has 12 heteroatoms. The van der Waals surface area contributed by atoms with Crippen molar-refractivity contribution in [3.63, 3.8) is 0 Å². The number of hydrogen-bond acceptors (Lipinski definition) is 10. The summed E-state index contributed by atoms with van der Waals surface area (Å²) < 4.78 is 46.6. The molecule has 3 heterocycles. The number of ether oxygens (including phenoxy) is 2. The van der Waals surface area contributed by atoms with Crippen molar-refractivity contribution in [3.8, 4) is 5.75 Å². The van der Waals surface area contributed by atoms with Crippen LogP contribution in [0.1, 0.15) is 24.4 Å². The van der Waals surface area contributed by atoms with Crippen LogP contribution in [0.5, 0.6) is 5.75 Å². The summed E-state index contributed by atoms with van der Waals surface area (Å²) >= 11 is 0. The predicted octanol–water partition coefficient (Wildman–Crippen LogP) is 0.460. The molecule has 2 aromatic rings. The highest BCUT2D eigenvalue weighted by molar-refractivity contribution is 7.89. The first kappa shape index (κ1) is 27.4. The highest BCUT2D eigenvalue weighted by atomic mass is 32.2. The van der Waals surface area contributed by atoms with Crippen molar-refractivity contribution in [1.82, 2.24) is 9.62 Å². The Hall–Kier alpha value is -2.19. The monoisotopic (exact) mass is 551 g/mol. The van der Waals surface area contributed by atoms with Gasteiger partial charge in [0.05, 0.1) is 44.7 Å². The Morgan fingerprint density at radius 2 is 1.82 bits per heavy atom. The molecular formula is C26H37N3O8S. The standard InChI is InChI=1S/C26H37N3O8S/c1-18-2-4-21(37-18)15-28-14-20(30)13-27-38(33,34)25-5-3-19(29-6-8-35-9-7-29)10-24(25)36-17-26(16-28)11-22(31)23(32)12-26/h2-5,10,20,22-23,27,30-32H,6-9,11-17H2,1H3/t20-,22-,23+,26?/m0/s1. The van der Waals surface area contributed by atoms with Crippen molar-refractivity contribution < 1.29 is 37.6 Å². The van der Waals surface area contributed by atoms with Gasteiger partial charge in [-0.05, 0) is 44.0 Å². The molecule has 5 rings (SSSR count). The zero-order chi connectivity index (χ0) is 26.9. The molecule has 1 unspecified atom stereocenters. The minimum atomic E-state index is -3.99. The largest absolute Gasteiger partial charge is 0.491 e. The number of nitrogens with zero attached hydrogens (tertiary/aromatic N) is 2. The van der Waals surface area contributed by atoms with E-state index in [4.69, 9.17) is 13.9 Å². The fourth-order valence-electron chi connectivity index (χ4n) is 5.71. The average molecular weight is 552 g/mol. The molecule has 38 heavy (non-hydrogen) atoms. The highest BCUT2D eigenvalue weighted by Crippen LogP contribution is 2.41. The van der Waals surface area contributed by atoms with E-state index in [1.165, 1.54) is 6.07 Å². The van der Waals surface area contributed by atoms with Gasteiger partial charge in [-0.15, -0.1) is 0 Å². The molecule has 4 N–H and O–H groups in total. The number of aliphatic hydroxyl groups is 3. The molecule has 1 spiro atoms. The molecule has 0 bridgehead atoms. The summed E-state index contributed by atoms with van der Waals surface area (Å²) in [4.78, 5) is 4.07. The van der Waals surface area contributed by atoms with Gasteiger partial charge in [-0.2, -0.15) is 0 Å². The number of benzene rings is 1. The van der Waals surface area contributed by atoms with E-state index in [2.05, 4.69) is 9.62 Å². The molecule has 0 amide bonds. The number of morpholine rings is 1. The summed E-state index contributed by atoms with van der Waals surface area (Å²) in [5.74, 6) is 1.66. The van der Waals surface area contributed by atoms with Crippen LogP contribution in [0, 0.1) is 12.3 Å². The second kappa shape index (κ2) is 11.1. The Kier molecular flexibility index (Phi) is 8.01. The summed E-state index contributed by atoms with van der Waals surface area (Å²) in [6.07, 6.45) is -2.28. The van der Waals surface area contributed by atoms with Gasteiger partial charge < -0.3 is 34.1 Å². The van der Waals surface area contributed by atoms with Gasteiger partial charge in [0, 0.05) is 49.9 Å². The van der Waals surface area contributed by atoms with Crippen LogP contribution in [0.25, 0.3) is 0 Å². The van der Waals surface area contributed by atoms with Gasteiger partial charge in [0.15, 0.2) is 0 Å². The Labute approximate surface area is 223 Å². The number of hydrogen-bond donors (Lipinski definition) is 4. The molecule has 1 aliphatic carbocycles. The summed E-state index contributed by atoms with van der Waals surface area (Å²) in [6, 6.07) is 8.73. The summed E-state index contributed by atoms with van der Waals surface area (Å²) in [5.41, 5.74) is 0.146. The van der Waals surface area contributed by atoms with E-state index in [1.807, 2.05) is 24.0 Å². The number of furan rings is 1. The van der Waals surface area contributed by atoms with Crippen LogP contribution in [-0.2, 0) is 21.3 Å². The van der Waals surface area contributed by atoms with E-state index in [1.54, 1.807) is 12.1 Å². The van der Waals surface area contributed by atoms with Gasteiger partial charge in [-0.3, -0.25) is 4.90 Å². The lowest BCUT2D eigenvalue weighted by Gasteiger charge is -2.36. The second-order valence-electron chi connectivity index (χ2n) is 10.7. The van der Waals surface area contributed by atoms with Crippen molar-refractivity contribution in [3.05, 3.63) is 41.9 Å². The molecule has 210 valence electrons. The van der Waals surface area contributed by atoms with Crippen LogP contribution in [0.4, 0.5) is 5.69 Å². The zero-order valence-electron chi connectivity index (χ0n) is 21.6. The first-order valence-corrected chi connectivity index (χ1v) is 14.5. The maximum absolute atomic E-state index is 13.3. The third-order valence-electron chi connectivity index (χ3n) is 7.57. The number of anilines is 1. The Morgan fingerprint density at radius 3 is 2.50 bits per heavy atom. The molecule has 11 nitrogen and oxygen atoms in total. The van der Waals surface area contributed by atoms with Gasteiger partial charge in [0.1, 0.15) is 22.2 Å². The number of nitrogens with one attached hydrogen (secondary N) is 1. The Balaban J connectivity index is 1.49. The minimum Gasteiger partial charge on any atom is -0.491 e. The number of rotatable bonds is 3. The van der Waals surface area contributed by atoms with Crippen LogP contribution in [0.2, 0.25) is 0 Å². The molecule has 1 aromatic carbocycles. The number of sulfonamides is 1. The number of fused-ring (bicyclic) bond motifs is 1. The smallest absolute Gasteiger partial charge is 0.244 e. The van der Waals surface area contributed by atoms with Crippen molar-refractivity contribution in [1.29, 1.82) is 0 Å². The van der Waals surface area contributed by atoms with Gasteiger partial charge in [-0.1, -0.05) is 0 Å². The van der Waals surface area contributed by atoms with Crippen LogP contribution in [-0.4, -0.2) is 99.5 Å². The van der Waals surface area contributed by atoms with E-state index in [0.717, 1.165) is 11.4 Å². The lowest BCUT2D eigenvalue weighted by atomic mass is 9.85. The summed E-state index contributed by atoms with van der Waals surface area (Å²) in [6.45, 7) is 5.23. The Morgan fingerprint density at radius 1 is 1.08 bits per heavy atom. The summed E-state index contributed by atoms with van der Waals surface area (Å²) in [5, 5.41) is 31.9. The van der Waals surface area contributed by atoms with Gasteiger partial charge in [0.2, 0.25) is 10.0 Å². The van der Waals surface area contributed by atoms with Crippen LogP contribution in [0.15, 0.2) is 39.6 Å². The van der Waals surface area contributed by atoms with E-state index < -0.39 is 33.8 Å². The topological polar surface area (TPSA) is 145 Å². The molecule has 2 aliphatic heterocycles. The average Bonchev–Trinajstić information content (AvgIpc) is 3.42. The second-order valence-corrected chi connectivity index (χ2v) is 12.5. The molecule has 1 aromatic heterocycles. The lowest BCUT2D eigenvalue weighted by molar-refractivity contribution is 0.0397. The number of β-amino-alcohol motifs (C(OH)–C–C–N with tert-alkyl or cyclic N) is 1. The van der Waals surface area contributed by atoms with Gasteiger partial charge in [0.25, 0.3) is 0 Å². The van der Waals surface area contributed by atoms with E-state index in [-0.39, 0.29) is 43.2 Å². The lowest BCUT2D eigenvalue weighted by Crippen LogP contribution is -2.46. The predicted molar refractivity (Wildman–Crippen MR) is 139 cm³/mol. The van der Waals surface area contributed by atoms with Crippen LogP contribution < -0.4 is 14.4 Å². The van der Waals surface area contributed by atoms with E-state index in [9.17, 15) is 23.7 Å². The molecule has 0 radical (unpaired) electrons. The van der Waals surface area contributed by atoms with Crippen molar-refractivity contribution in [2.45, 2.75) is 49.5 Å². The fraction of sp³-hybridized carbons (Fsp3) is 0.615. The number of aliphatic hydroxyl groups excluding tert-OH is 3. The SMILES string of the molecule is Cc1ccc(CN2C[C@@H](O)CNS(=O)(=O)c3ccc(N4CCOCC4)cc3OCC3(C[C@@H](O)[C@@H](O)C3)C2)o1. The van der Waals surface area contributed by atoms with Crippen LogP contribution in [0.3, 0.4) is 0 Å². The van der Waals surface area contributed by atoms with Crippen LogP contribution >= 0.6 is 0 Å². The van der Waals surface area contributed by atoms with Crippen molar-refractivity contribution in [2.24, 2.45) is 5.41 Å². The number of aryl methyl sites for hydroxylation is 1. The fourth-order valence-corrected chi connectivity index (χ4v) is 6.91. The maximum Gasteiger partial charge on any atom is 0.244 e. The molecule has 1 saturated carbocycles. The quantitative estimate of drug-likeness (QED) is 0.425. The third-order valence-corrected chi connectivity index (χ3v) is 9.03. The van der Waals surface area contributed by atoms with E-state index in [0.29, 0.717) is 45.2 Å². The van der Waals surface area contributed by atoms with E-state index >= 15 is 0 Å². The van der Waals surface area contributed by atoms with Crippen molar-refractivity contribution >= 4 is 15.7 Å². The third kappa shape index (κ3) is 6.17. The zero-order valence-corrected chi connectivity index (χ0v) is 22.4. The normalized spacial score (nSPS) is 30.8. The minimum absolute atomic E-state index is 0.0144. The molecule has 2 fully saturated rings. The first-order chi connectivity index (χ1) is 18.1. The maximum atomic E-state index is 13.3. The molecule has 4 atom stereocenters. The van der Waals surface area contributed by atoms with Gasteiger partial charge in [-0.25, -0.2) is 13.1 Å². The molecule has 1 saturated heterocycles. The van der Waals surface area contributed by atoms with Gasteiger partial charge >= 0.3 is 0 Å². The van der Waals surface area contributed by atoms with Crippen molar-refractivity contribution in [2.75, 3.05) is 57.4 Å².